The van der Waals surface area contributed by atoms with Gasteiger partial charge in [0.15, 0.2) is 0 Å². The molecule has 0 radical (unpaired) electrons. The number of aromatic nitrogens is 2. The van der Waals surface area contributed by atoms with E-state index in [4.69, 9.17) is 0 Å². The van der Waals surface area contributed by atoms with Gasteiger partial charge in [0.05, 0.1) is 5.39 Å². The van der Waals surface area contributed by atoms with Gasteiger partial charge in [0.2, 0.25) is 0 Å². The van der Waals surface area contributed by atoms with Gasteiger partial charge in [-0.05, 0) is 48.9 Å². The Kier molecular flexibility index (Phi) is 4.58. The van der Waals surface area contributed by atoms with Crippen molar-refractivity contribution in [3.8, 4) is 11.1 Å². The zero-order valence-corrected chi connectivity index (χ0v) is 17.2. The van der Waals surface area contributed by atoms with Gasteiger partial charge >= 0.3 is 0 Å². The fraction of sp³-hybridized carbons (Fsp3) is 0.0526. The van der Waals surface area contributed by atoms with E-state index in [0.29, 0.717) is 0 Å². The molecule has 0 atom stereocenters. The first kappa shape index (κ1) is 16.7. The van der Waals surface area contributed by atoms with Crippen LogP contribution in [0.4, 0.5) is 11.5 Å². The van der Waals surface area contributed by atoms with Crippen LogP contribution in [0.2, 0.25) is 0 Å². The molecule has 0 spiro atoms. The highest BCUT2D eigenvalue weighted by Crippen LogP contribution is 2.41. The second kappa shape index (κ2) is 6.86. The van der Waals surface area contributed by atoms with Gasteiger partial charge in [-0.3, -0.25) is 0 Å². The van der Waals surface area contributed by atoms with E-state index in [1.54, 1.807) is 17.7 Å². The summed E-state index contributed by atoms with van der Waals surface area (Å²) in [6.45, 7) is 2.13. The van der Waals surface area contributed by atoms with Crippen LogP contribution in [0.3, 0.4) is 0 Å². The number of fused-ring (bicyclic) bond motifs is 1. The summed E-state index contributed by atoms with van der Waals surface area (Å²) in [7, 11) is 0. The van der Waals surface area contributed by atoms with Crippen LogP contribution in [0, 0.1) is 6.92 Å². The number of hydrogen-bond acceptors (Lipinski definition) is 4. The van der Waals surface area contributed by atoms with Crippen LogP contribution in [-0.2, 0) is 0 Å². The fourth-order valence-electron chi connectivity index (χ4n) is 2.77. The summed E-state index contributed by atoms with van der Waals surface area (Å²) >= 11 is 8.66. The van der Waals surface area contributed by atoms with Crippen LogP contribution in [0.25, 0.3) is 21.3 Å². The first-order valence-electron chi connectivity index (χ1n) is 7.64. The van der Waals surface area contributed by atoms with Crippen LogP contribution >= 0.6 is 43.2 Å². The largest absolute Gasteiger partial charge is 0.340 e. The molecule has 3 nitrogen and oxygen atoms in total. The van der Waals surface area contributed by atoms with Crippen molar-refractivity contribution >= 4 is 64.9 Å². The molecule has 0 aliphatic heterocycles. The average Bonchev–Trinajstić information content (AvgIpc) is 2.95. The maximum atomic E-state index is 4.51. The highest BCUT2D eigenvalue weighted by atomic mass is 79.9. The molecule has 2 aromatic heterocycles. The molecule has 0 unspecified atom stereocenters. The highest BCUT2D eigenvalue weighted by Gasteiger charge is 2.16. The zero-order valence-electron chi connectivity index (χ0n) is 13.3. The number of benzene rings is 2. The van der Waals surface area contributed by atoms with E-state index in [9.17, 15) is 0 Å². The minimum Gasteiger partial charge on any atom is -0.340 e. The van der Waals surface area contributed by atoms with E-state index in [2.05, 4.69) is 78.3 Å². The monoisotopic (exact) mass is 473 g/mol. The summed E-state index contributed by atoms with van der Waals surface area (Å²) in [4.78, 5) is 11.2. The van der Waals surface area contributed by atoms with Gasteiger partial charge in [0.25, 0.3) is 0 Å². The predicted molar refractivity (Wildman–Crippen MR) is 113 cm³/mol. The number of rotatable bonds is 3. The van der Waals surface area contributed by atoms with Gasteiger partial charge in [0.1, 0.15) is 17.0 Å². The standard InChI is InChI=1S/C19H13Br2N3S/c1-11-16(12-2-4-13(20)5-3-12)17-18(22-10-23-19(17)25-11)24-15-8-6-14(21)7-9-15/h2-10H,1H3,(H,22,23,24). The molecule has 0 aliphatic carbocycles. The molecular formula is C19H13Br2N3S. The van der Waals surface area contributed by atoms with Crippen LogP contribution in [-0.4, -0.2) is 9.97 Å². The molecule has 4 rings (SSSR count). The maximum absolute atomic E-state index is 4.51. The van der Waals surface area contributed by atoms with Gasteiger partial charge in [0, 0.05) is 25.1 Å². The Morgan fingerprint density at radius 1 is 0.880 bits per heavy atom. The van der Waals surface area contributed by atoms with Crippen LogP contribution in [0.15, 0.2) is 63.8 Å². The van der Waals surface area contributed by atoms with Gasteiger partial charge < -0.3 is 5.32 Å². The fourth-order valence-corrected chi connectivity index (χ4v) is 4.31. The van der Waals surface area contributed by atoms with E-state index in [1.165, 1.54) is 16.0 Å². The van der Waals surface area contributed by atoms with Crippen molar-refractivity contribution in [2.45, 2.75) is 6.92 Å². The first-order valence-corrected chi connectivity index (χ1v) is 10.0. The summed E-state index contributed by atoms with van der Waals surface area (Å²) in [5, 5.41) is 4.50. The number of aryl methyl sites for hydroxylation is 1. The number of anilines is 2. The molecule has 2 aromatic carbocycles. The number of thiophene rings is 1. The van der Waals surface area contributed by atoms with E-state index in [1.807, 2.05) is 24.3 Å². The lowest BCUT2D eigenvalue weighted by Gasteiger charge is -2.09. The van der Waals surface area contributed by atoms with E-state index in [0.717, 1.165) is 30.7 Å². The Labute approximate surface area is 166 Å². The maximum Gasteiger partial charge on any atom is 0.143 e. The van der Waals surface area contributed by atoms with Gasteiger partial charge in [-0.15, -0.1) is 11.3 Å². The Balaban J connectivity index is 1.87. The van der Waals surface area contributed by atoms with E-state index in [-0.39, 0.29) is 0 Å². The van der Waals surface area contributed by atoms with Gasteiger partial charge in [-0.25, -0.2) is 9.97 Å². The SMILES string of the molecule is Cc1sc2ncnc(Nc3ccc(Br)cc3)c2c1-c1ccc(Br)cc1. The Hall–Kier alpha value is -1.76. The van der Waals surface area contributed by atoms with Crippen molar-refractivity contribution < 1.29 is 0 Å². The lowest BCUT2D eigenvalue weighted by molar-refractivity contribution is 1.23. The van der Waals surface area contributed by atoms with Gasteiger partial charge in [-0.2, -0.15) is 0 Å². The molecule has 1 N–H and O–H groups in total. The first-order chi connectivity index (χ1) is 12.1. The molecule has 2 heterocycles. The highest BCUT2D eigenvalue weighted by molar-refractivity contribution is 9.10. The Morgan fingerprint density at radius 2 is 1.52 bits per heavy atom. The van der Waals surface area contributed by atoms with Crippen molar-refractivity contribution in [2.24, 2.45) is 0 Å². The lowest BCUT2D eigenvalue weighted by atomic mass is 10.0. The van der Waals surface area contributed by atoms with Crippen molar-refractivity contribution in [3.05, 3.63) is 68.7 Å². The molecule has 0 aliphatic rings. The van der Waals surface area contributed by atoms with Crippen LogP contribution < -0.4 is 5.32 Å². The molecule has 6 heteroatoms. The molecule has 0 saturated heterocycles. The number of halogens is 2. The predicted octanol–water partition coefficient (Wildman–Crippen LogP) is 6.94. The van der Waals surface area contributed by atoms with Crippen molar-refractivity contribution in [1.29, 1.82) is 0 Å². The average molecular weight is 475 g/mol. The van der Waals surface area contributed by atoms with Crippen LogP contribution in [0.5, 0.6) is 0 Å². The minimum atomic E-state index is 0.828. The van der Waals surface area contributed by atoms with E-state index >= 15 is 0 Å². The van der Waals surface area contributed by atoms with Gasteiger partial charge in [-0.1, -0.05) is 44.0 Å². The Bertz CT molecular complexity index is 1040. The summed E-state index contributed by atoms with van der Waals surface area (Å²) in [6.07, 6.45) is 1.62. The van der Waals surface area contributed by atoms with E-state index < -0.39 is 0 Å². The summed E-state index contributed by atoms with van der Waals surface area (Å²) in [5.74, 6) is 0.828. The van der Waals surface area contributed by atoms with Crippen molar-refractivity contribution in [2.75, 3.05) is 5.32 Å². The molecule has 0 saturated carbocycles. The third kappa shape index (κ3) is 3.34. The topological polar surface area (TPSA) is 37.8 Å². The molecule has 124 valence electrons. The minimum absolute atomic E-state index is 0.828. The molecule has 0 bridgehead atoms. The number of nitrogens with one attached hydrogen (secondary N) is 1. The lowest BCUT2D eigenvalue weighted by Crippen LogP contribution is -1.95. The molecule has 4 aromatic rings. The Morgan fingerprint density at radius 3 is 2.20 bits per heavy atom. The summed E-state index contributed by atoms with van der Waals surface area (Å²) in [6, 6.07) is 16.4. The number of hydrogen-bond donors (Lipinski definition) is 1. The van der Waals surface area contributed by atoms with Crippen LogP contribution in [0.1, 0.15) is 4.88 Å². The normalized spacial score (nSPS) is 11.0. The third-order valence-electron chi connectivity index (χ3n) is 3.90. The molecule has 0 fully saturated rings. The molecular weight excluding hydrogens is 462 g/mol. The zero-order chi connectivity index (χ0) is 17.4. The quantitative estimate of drug-likeness (QED) is 0.349. The second-order valence-corrected chi connectivity index (χ2v) is 8.61. The summed E-state index contributed by atoms with van der Waals surface area (Å²) in [5.41, 5.74) is 3.35. The smallest absolute Gasteiger partial charge is 0.143 e. The van der Waals surface area contributed by atoms with Crippen molar-refractivity contribution in [3.63, 3.8) is 0 Å². The van der Waals surface area contributed by atoms with Crippen molar-refractivity contribution in [1.82, 2.24) is 9.97 Å². The third-order valence-corrected chi connectivity index (χ3v) is 5.97. The summed E-state index contributed by atoms with van der Waals surface area (Å²) < 4.78 is 2.12. The molecule has 25 heavy (non-hydrogen) atoms. The number of nitrogens with zero attached hydrogens (tertiary/aromatic N) is 2. The molecule has 0 amide bonds. The second-order valence-electron chi connectivity index (χ2n) is 5.57.